The van der Waals surface area contributed by atoms with Crippen LogP contribution in [0.5, 0.6) is 0 Å². The van der Waals surface area contributed by atoms with Crippen LogP contribution in [0.3, 0.4) is 0 Å². The smallest absolute Gasteiger partial charge is 0.311 e. The monoisotopic (exact) mass is 317 g/mol. The zero-order valence-electron chi connectivity index (χ0n) is 13.2. The molecule has 3 heterocycles. The van der Waals surface area contributed by atoms with Crippen molar-refractivity contribution in [3.8, 4) is 0 Å². The molecular formula is C14H19N7O2. The summed E-state index contributed by atoms with van der Waals surface area (Å²) in [6, 6.07) is 1.57. The van der Waals surface area contributed by atoms with Gasteiger partial charge in [-0.25, -0.2) is 9.97 Å². The molecule has 0 amide bonds. The highest BCUT2D eigenvalue weighted by atomic mass is 16.6. The van der Waals surface area contributed by atoms with Gasteiger partial charge in [0.05, 0.1) is 11.5 Å². The predicted octanol–water partition coefficient (Wildman–Crippen LogP) is 1.05. The second-order valence-corrected chi connectivity index (χ2v) is 5.71. The van der Waals surface area contributed by atoms with E-state index in [1.807, 2.05) is 11.8 Å². The number of rotatable bonds is 4. The molecule has 1 saturated heterocycles. The fourth-order valence-electron chi connectivity index (χ4n) is 2.70. The lowest BCUT2D eigenvalue weighted by atomic mass is 10.2. The van der Waals surface area contributed by atoms with Crippen LogP contribution in [0.25, 0.3) is 0 Å². The first-order chi connectivity index (χ1) is 11.0. The summed E-state index contributed by atoms with van der Waals surface area (Å²) in [7, 11) is 0. The first kappa shape index (κ1) is 15.3. The average Bonchev–Trinajstić information content (AvgIpc) is 2.93. The molecule has 9 heteroatoms. The van der Waals surface area contributed by atoms with Crippen molar-refractivity contribution in [3.63, 3.8) is 0 Å². The number of anilines is 1. The van der Waals surface area contributed by atoms with E-state index in [0.29, 0.717) is 25.5 Å². The number of aromatic nitrogens is 4. The molecule has 0 spiro atoms. The van der Waals surface area contributed by atoms with Crippen molar-refractivity contribution < 1.29 is 4.92 Å². The third-order valence-electron chi connectivity index (χ3n) is 3.86. The first-order valence-corrected chi connectivity index (χ1v) is 7.49. The predicted molar refractivity (Wildman–Crippen MR) is 84.2 cm³/mol. The number of aromatic amines is 1. The van der Waals surface area contributed by atoms with E-state index in [0.717, 1.165) is 30.3 Å². The standard InChI is InChI=1S/C14H19N7O2/c1-10-7-12(21(22)23)14(15-8-10)20-5-3-19(4-6-20)9-13-16-11(2)17-18-13/h7-8H,3-6,9H2,1-2H3,(H,16,17,18). The number of nitro groups is 1. The molecule has 3 rings (SSSR count). The molecule has 0 aromatic carbocycles. The number of H-pyrrole nitrogens is 1. The number of aryl methyl sites for hydroxylation is 2. The van der Waals surface area contributed by atoms with Crippen LogP contribution < -0.4 is 4.90 Å². The molecular weight excluding hydrogens is 298 g/mol. The number of piperazine rings is 1. The lowest BCUT2D eigenvalue weighted by Gasteiger charge is -2.34. The number of nitrogens with one attached hydrogen (secondary N) is 1. The average molecular weight is 317 g/mol. The minimum Gasteiger partial charge on any atom is -0.348 e. The maximum absolute atomic E-state index is 11.2. The van der Waals surface area contributed by atoms with Gasteiger partial charge in [0, 0.05) is 38.4 Å². The van der Waals surface area contributed by atoms with Gasteiger partial charge in [-0.15, -0.1) is 0 Å². The van der Waals surface area contributed by atoms with E-state index in [1.165, 1.54) is 0 Å². The zero-order valence-corrected chi connectivity index (χ0v) is 13.2. The van der Waals surface area contributed by atoms with Crippen LogP contribution >= 0.6 is 0 Å². The van der Waals surface area contributed by atoms with E-state index < -0.39 is 0 Å². The van der Waals surface area contributed by atoms with Crippen molar-refractivity contribution in [1.82, 2.24) is 25.1 Å². The van der Waals surface area contributed by atoms with Gasteiger partial charge in [0.15, 0.2) is 5.82 Å². The number of hydrogen-bond donors (Lipinski definition) is 1. The van der Waals surface area contributed by atoms with Crippen LogP contribution in [-0.2, 0) is 6.54 Å². The quantitative estimate of drug-likeness (QED) is 0.663. The molecule has 0 saturated carbocycles. The molecule has 0 atom stereocenters. The molecule has 2 aromatic rings. The molecule has 0 radical (unpaired) electrons. The van der Waals surface area contributed by atoms with Gasteiger partial charge >= 0.3 is 5.69 Å². The molecule has 122 valence electrons. The van der Waals surface area contributed by atoms with Crippen LogP contribution in [0.4, 0.5) is 11.5 Å². The summed E-state index contributed by atoms with van der Waals surface area (Å²) in [5.74, 6) is 2.03. The molecule has 1 fully saturated rings. The third kappa shape index (κ3) is 3.45. The van der Waals surface area contributed by atoms with E-state index >= 15 is 0 Å². The number of hydrogen-bond acceptors (Lipinski definition) is 7. The van der Waals surface area contributed by atoms with E-state index in [1.54, 1.807) is 19.2 Å². The van der Waals surface area contributed by atoms with Crippen LogP contribution in [0.15, 0.2) is 12.3 Å². The van der Waals surface area contributed by atoms with Gasteiger partial charge in [-0.1, -0.05) is 0 Å². The molecule has 2 aromatic heterocycles. The highest BCUT2D eigenvalue weighted by molar-refractivity contribution is 5.58. The summed E-state index contributed by atoms with van der Waals surface area (Å²) >= 11 is 0. The summed E-state index contributed by atoms with van der Waals surface area (Å²) in [6.45, 7) is 7.33. The summed E-state index contributed by atoms with van der Waals surface area (Å²) < 4.78 is 0. The second-order valence-electron chi connectivity index (χ2n) is 5.71. The van der Waals surface area contributed by atoms with Gasteiger partial charge in [0.2, 0.25) is 5.82 Å². The molecule has 9 nitrogen and oxygen atoms in total. The third-order valence-corrected chi connectivity index (χ3v) is 3.86. The molecule has 1 aliphatic rings. The largest absolute Gasteiger partial charge is 0.348 e. The lowest BCUT2D eigenvalue weighted by molar-refractivity contribution is -0.384. The maximum atomic E-state index is 11.2. The zero-order chi connectivity index (χ0) is 16.4. The highest BCUT2D eigenvalue weighted by Gasteiger charge is 2.25. The van der Waals surface area contributed by atoms with Gasteiger partial charge < -0.3 is 4.90 Å². The Morgan fingerprint density at radius 1 is 1.30 bits per heavy atom. The lowest BCUT2D eigenvalue weighted by Crippen LogP contribution is -2.46. The second kappa shape index (κ2) is 6.29. The van der Waals surface area contributed by atoms with Crippen molar-refractivity contribution in [2.24, 2.45) is 0 Å². The normalized spacial score (nSPS) is 15.8. The molecule has 0 bridgehead atoms. The summed E-state index contributed by atoms with van der Waals surface area (Å²) in [6.07, 6.45) is 1.67. The number of nitrogens with zero attached hydrogens (tertiary/aromatic N) is 6. The Morgan fingerprint density at radius 2 is 2.04 bits per heavy atom. The van der Waals surface area contributed by atoms with E-state index in [2.05, 4.69) is 25.1 Å². The van der Waals surface area contributed by atoms with Crippen LogP contribution in [0.1, 0.15) is 17.2 Å². The van der Waals surface area contributed by atoms with E-state index in [9.17, 15) is 10.1 Å². The van der Waals surface area contributed by atoms with Crippen LogP contribution in [-0.4, -0.2) is 56.2 Å². The molecule has 1 N–H and O–H groups in total. The fourth-order valence-corrected chi connectivity index (χ4v) is 2.70. The topological polar surface area (TPSA) is 104 Å². The van der Waals surface area contributed by atoms with Crippen molar-refractivity contribution in [3.05, 3.63) is 39.6 Å². The van der Waals surface area contributed by atoms with Crippen molar-refractivity contribution in [2.45, 2.75) is 20.4 Å². The molecule has 0 aliphatic carbocycles. The Morgan fingerprint density at radius 3 is 2.65 bits per heavy atom. The highest BCUT2D eigenvalue weighted by Crippen LogP contribution is 2.27. The van der Waals surface area contributed by atoms with Gasteiger partial charge in [-0.3, -0.25) is 20.1 Å². The minimum absolute atomic E-state index is 0.0723. The number of pyridine rings is 1. The summed E-state index contributed by atoms with van der Waals surface area (Å²) in [4.78, 5) is 23.7. The Bertz CT molecular complexity index is 707. The molecule has 23 heavy (non-hydrogen) atoms. The van der Waals surface area contributed by atoms with Gasteiger partial charge in [-0.05, 0) is 19.4 Å². The SMILES string of the molecule is Cc1cnc(N2CCN(Cc3n[nH]c(C)n3)CC2)c([N+](=O)[O-])c1. The van der Waals surface area contributed by atoms with Crippen molar-refractivity contribution >= 4 is 11.5 Å². The maximum Gasteiger partial charge on any atom is 0.311 e. The summed E-state index contributed by atoms with van der Waals surface area (Å²) in [5, 5.41) is 18.2. The van der Waals surface area contributed by atoms with Crippen LogP contribution in [0.2, 0.25) is 0 Å². The van der Waals surface area contributed by atoms with Gasteiger partial charge in [0.25, 0.3) is 0 Å². The van der Waals surface area contributed by atoms with Crippen molar-refractivity contribution in [1.29, 1.82) is 0 Å². The molecule has 1 aliphatic heterocycles. The van der Waals surface area contributed by atoms with Gasteiger partial charge in [-0.2, -0.15) is 5.10 Å². The Labute approximate surface area is 133 Å². The minimum atomic E-state index is -0.363. The van der Waals surface area contributed by atoms with E-state index in [-0.39, 0.29) is 10.6 Å². The molecule has 0 unspecified atom stereocenters. The fraction of sp³-hybridized carbons (Fsp3) is 0.500. The van der Waals surface area contributed by atoms with Crippen LogP contribution in [0, 0.1) is 24.0 Å². The van der Waals surface area contributed by atoms with E-state index in [4.69, 9.17) is 0 Å². The first-order valence-electron chi connectivity index (χ1n) is 7.49. The summed E-state index contributed by atoms with van der Waals surface area (Å²) in [5.41, 5.74) is 0.863. The Kier molecular flexibility index (Phi) is 4.20. The Hall–Kier alpha value is -2.55. The van der Waals surface area contributed by atoms with Crippen molar-refractivity contribution in [2.75, 3.05) is 31.1 Å². The van der Waals surface area contributed by atoms with Gasteiger partial charge in [0.1, 0.15) is 5.82 Å². The Balaban J connectivity index is 1.66.